The molecule has 4 atom stereocenters. The SMILES string of the molecule is CNC(=O)OC1OC=C(C(=O)OC)C2CC[C@@]3(CO3)C12. The number of fused-ring (bicyclic) bond motifs is 2. The number of carbonyl (C=O) groups excluding carboxylic acids is 2. The van der Waals surface area contributed by atoms with E-state index in [4.69, 9.17) is 18.9 Å². The fourth-order valence-electron chi connectivity index (χ4n) is 3.22. The van der Waals surface area contributed by atoms with Crippen LogP contribution in [-0.2, 0) is 23.7 Å². The molecule has 1 aliphatic carbocycles. The molecule has 1 amide bonds. The molecule has 2 heterocycles. The maximum absolute atomic E-state index is 11.8. The van der Waals surface area contributed by atoms with Gasteiger partial charge in [0, 0.05) is 13.0 Å². The van der Waals surface area contributed by atoms with E-state index < -0.39 is 18.4 Å². The van der Waals surface area contributed by atoms with E-state index in [-0.39, 0.29) is 17.4 Å². The molecule has 1 spiro atoms. The maximum atomic E-state index is 11.8. The Morgan fingerprint density at radius 1 is 1.50 bits per heavy atom. The van der Waals surface area contributed by atoms with E-state index in [1.165, 1.54) is 20.4 Å². The maximum Gasteiger partial charge on any atom is 0.409 e. The van der Waals surface area contributed by atoms with Crippen LogP contribution in [0.4, 0.5) is 4.79 Å². The van der Waals surface area contributed by atoms with Crippen molar-refractivity contribution in [3.8, 4) is 0 Å². The largest absolute Gasteiger partial charge is 0.466 e. The lowest BCUT2D eigenvalue weighted by Crippen LogP contribution is -2.43. The summed E-state index contributed by atoms with van der Waals surface area (Å²) in [6.07, 6.45) is 1.67. The lowest BCUT2D eigenvalue weighted by atomic mass is 9.83. The third-order valence-corrected chi connectivity index (χ3v) is 4.30. The number of hydrogen-bond donors (Lipinski definition) is 1. The average Bonchev–Trinajstić information content (AvgIpc) is 3.14. The smallest absolute Gasteiger partial charge is 0.409 e. The van der Waals surface area contributed by atoms with E-state index in [2.05, 4.69) is 5.32 Å². The molecular weight excluding hydrogens is 266 g/mol. The average molecular weight is 283 g/mol. The fourth-order valence-corrected chi connectivity index (χ4v) is 3.22. The molecule has 7 heteroatoms. The molecule has 3 rings (SSSR count). The molecule has 1 saturated heterocycles. The first kappa shape index (κ1) is 13.2. The van der Waals surface area contributed by atoms with Crippen molar-refractivity contribution in [2.45, 2.75) is 24.7 Å². The molecule has 110 valence electrons. The van der Waals surface area contributed by atoms with Gasteiger partial charge in [-0.3, -0.25) is 0 Å². The van der Waals surface area contributed by atoms with Crippen molar-refractivity contribution >= 4 is 12.1 Å². The Labute approximate surface area is 116 Å². The van der Waals surface area contributed by atoms with E-state index in [9.17, 15) is 9.59 Å². The quantitative estimate of drug-likeness (QED) is 0.588. The summed E-state index contributed by atoms with van der Waals surface area (Å²) in [5.41, 5.74) is 0.165. The van der Waals surface area contributed by atoms with E-state index in [1.54, 1.807) is 0 Å². The summed E-state index contributed by atoms with van der Waals surface area (Å²) < 4.78 is 21.0. The zero-order valence-corrected chi connectivity index (χ0v) is 11.4. The number of esters is 1. The fraction of sp³-hybridized carbons (Fsp3) is 0.692. The summed E-state index contributed by atoms with van der Waals surface area (Å²) >= 11 is 0. The molecule has 20 heavy (non-hydrogen) atoms. The lowest BCUT2D eigenvalue weighted by molar-refractivity contribution is -0.146. The van der Waals surface area contributed by atoms with Gasteiger partial charge in [-0.1, -0.05) is 0 Å². The highest BCUT2D eigenvalue weighted by atomic mass is 16.7. The molecule has 0 aromatic carbocycles. The van der Waals surface area contributed by atoms with Crippen molar-refractivity contribution in [2.24, 2.45) is 11.8 Å². The number of rotatable bonds is 2. The standard InChI is InChI=1S/C13H17NO6/c1-14-12(16)20-11-9-7(3-4-13(9)6-19-13)8(5-18-11)10(15)17-2/h5,7,9,11H,3-4,6H2,1-2H3,(H,14,16)/t7?,9?,11?,13-/m1/s1. The van der Waals surface area contributed by atoms with Gasteiger partial charge >= 0.3 is 12.1 Å². The van der Waals surface area contributed by atoms with Crippen molar-refractivity contribution < 1.29 is 28.5 Å². The molecule has 0 aromatic heterocycles. The number of epoxide rings is 1. The predicted octanol–water partition coefficient (Wildman–Crippen LogP) is 0.551. The zero-order chi connectivity index (χ0) is 14.3. The summed E-state index contributed by atoms with van der Waals surface area (Å²) in [5.74, 6) is -0.636. The molecular formula is C13H17NO6. The number of carbonyl (C=O) groups is 2. The Kier molecular flexibility index (Phi) is 3.08. The van der Waals surface area contributed by atoms with E-state index in [1.807, 2.05) is 0 Å². The first-order chi connectivity index (χ1) is 9.61. The van der Waals surface area contributed by atoms with Crippen LogP contribution in [0, 0.1) is 11.8 Å². The topological polar surface area (TPSA) is 86.4 Å². The number of methoxy groups -OCH3 is 1. The van der Waals surface area contributed by atoms with Gasteiger partial charge < -0.3 is 24.3 Å². The number of amides is 1. The van der Waals surface area contributed by atoms with Gasteiger partial charge in [0.2, 0.25) is 0 Å². The van der Waals surface area contributed by atoms with Gasteiger partial charge in [-0.25, -0.2) is 9.59 Å². The van der Waals surface area contributed by atoms with Gasteiger partial charge in [-0.15, -0.1) is 0 Å². The highest BCUT2D eigenvalue weighted by Crippen LogP contribution is 2.56. The predicted molar refractivity (Wildman–Crippen MR) is 65.4 cm³/mol. The second kappa shape index (κ2) is 4.66. The second-order valence-electron chi connectivity index (χ2n) is 5.25. The summed E-state index contributed by atoms with van der Waals surface area (Å²) in [6, 6.07) is 0. The van der Waals surface area contributed by atoms with Crippen molar-refractivity contribution in [3.63, 3.8) is 0 Å². The van der Waals surface area contributed by atoms with Crippen LogP contribution in [0.1, 0.15) is 12.8 Å². The van der Waals surface area contributed by atoms with E-state index >= 15 is 0 Å². The molecule has 3 unspecified atom stereocenters. The Morgan fingerprint density at radius 3 is 2.85 bits per heavy atom. The van der Waals surface area contributed by atoms with Crippen LogP contribution in [0.5, 0.6) is 0 Å². The first-order valence-electron chi connectivity index (χ1n) is 6.57. The zero-order valence-electron chi connectivity index (χ0n) is 11.4. The normalized spacial score (nSPS) is 37.5. The van der Waals surface area contributed by atoms with Crippen LogP contribution in [0.25, 0.3) is 0 Å². The number of ether oxygens (including phenoxy) is 4. The van der Waals surface area contributed by atoms with Gasteiger partial charge in [0.15, 0.2) is 0 Å². The summed E-state index contributed by atoms with van der Waals surface area (Å²) in [7, 11) is 2.82. The van der Waals surface area contributed by atoms with Gasteiger partial charge in [0.05, 0.1) is 31.5 Å². The van der Waals surface area contributed by atoms with Crippen molar-refractivity contribution in [2.75, 3.05) is 20.8 Å². The Hall–Kier alpha value is -1.76. The molecule has 0 aromatic rings. The van der Waals surface area contributed by atoms with Crippen molar-refractivity contribution in [1.29, 1.82) is 0 Å². The highest BCUT2D eigenvalue weighted by Gasteiger charge is 2.65. The molecule has 2 fully saturated rings. The van der Waals surface area contributed by atoms with Gasteiger partial charge in [0.25, 0.3) is 6.29 Å². The molecule has 0 bridgehead atoms. The van der Waals surface area contributed by atoms with Crippen LogP contribution in [0.2, 0.25) is 0 Å². The second-order valence-corrected chi connectivity index (χ2v) is 5.25. The van der Waals surface area contributed by atoms with Crippen molar-refractivity contribution in [3.05, 3.63) is 11.8 Å². The van der Waals surface area contributed by atoms with Gasteiger partial charge in [0.1, 0.15) is 5.60 Å². The molecule has 1 saturated carbocycles. The minimum absolute atomic E-state index is 0.0617. The molecule has 7 nitrogen and oxygen atoms in total. The number of alkyl carbamates (subject to hydrolysis) is 1. The summed E-state index contributed by atoms with van der Waals surface area (Å²) in [6.45, 7) is 0.611. The monoisotopic (exact) mass is 283 g/mol. The van der Waals surface area contributed by atoms with Gasteiger partial charge in [-0.2, -0.15) is 0 Å². The summed E-state index contributed by atoms with van der Waals surface area (Å²) in [4.78, 5) is 23.2. The Morgan fingerprint density at radius 2 is 2.25 bits per heavy atom. The Bertz CT molecular complexity index is 469. The molecule has 0 radical (unpaired) electrons. The number of hydrogen-bond acceptors (Lipinski definition) is 6. The third kappa shape index (κ3) is 1.93. The van der Waals surface area contributed by atoms with Crippen LogP contribution in [0.3, 0.4) is 0 Å². The molecule has 1 N–H and O–H groups in total. The van der Waals surface area contributed by atoms with Crippen LogP contribution >= 0.6 is 0 Å². The summed E-state index contributed by atoms with van der Waals surface area (Å²) in [5, 5.41) is 2.39. The molecule has 2 aliphatic heterocycles. The van der Waals surface area contributed by atoms with E-state index in [0.717, 1.165) is 12.8 Å². The molecule has 3 aliphatic rings. The van der Waals surface area contributed by atoms with Crippen LogP contribution in [-0.4, -0.2) is 44.7 Å². The van der Waals surface area contributed by atoms with Crippen molar-refractivity contribution in [1.82, 2.24) is 5.32 Å². The van der Waals surface area contributed by atoms with Crippen LogP contribution in [0.15, 0.2) is 11.8 Å². The minimum Gasteiger partial charge on any atom is -0.466 e. The Balaban J connectivity index is 1.86. The minimum atomic E-state index is -0.738. The number of nitrogens with one attached hydrogen (secondary N) is 1. The van der Waals surface area contributed by atoms with Gasteiger partial charge in [-0.05, 0) is 12.8 Å². The van der Waals surface area contributed by atoms with Crippen LogP contribution < -0.4 is 5.32 Å². The lowest BCUT2D eigenvalue weighted by Gasteiger charge is -2.34. The third-order valence-electron chi connectivity index (χ3n) is 4.30. The highest BCUT2D eigenvalue weighted by molar-refractivity contribution is 5.89. The van der Waals surface area contributed by atoms with E-state index in [0.29, 0.717) is 12.2 Å². The first-order valence-corrected chi connectivity index (χ1v) is 6.57.